The first-order valence-corrected chi connectivity index (χ1v) is 10.1. The van der Waals surface area contributed by atoms with Crippen molar-refractivity contribution in [3.8, 4) is 0 Å². The summed E-state index contributed by atoms with van der Waals surface area (Å²) < 4.78 is 0. The van der Waals surface area contributed by atoms with Crippen LogP contribution in [0.15, 0.2) is 59.9 Å². The molecule has 0 unspecified atom stereocenters. The quantitative estimate of drug-likeness (QED) is 0.394. The van der Waals surface area contributed by atoms with Gasteiger partial charge < -0.3 is 4.90 Å². The van der Waals surface area contributed by atoms with Crippen LogP contribution < -0.4 is 15.8 Å². The number of benzene rings is 2. The van der Waals surface area contributed by atoms with Gasteiger partial charge in [0.15, 0.2) is 0 Å². The van der Waals surface area contributed by atoms with Crippen LogP contribution in [0.4, 0.5) is 11.5 Å². The molecule has 1 aromatic heterocycles. The van der Waals surface area contributed by atoms with Crippen LogP contribution in [-0.2, 0) is 9.59 Å². The highest BCUT2D eigenvalue weighted by molar-refractivity contribution is 7.98. The van der Waals surface area contributed by atoms with Crippen molar-refractivity contribution in [2.45, 2.75) is 11.4 Å². The number of amides is 2. The van der Waals surface area contributed by atoms with Crippen LogP contribution in [0, 0.1) is 5.92 Å². The summed E-state index contributed by atoms with van der Waals surface area (Å²) in [6.45, 7) is 0.347. The molecule has 1 aliphatic rings. The summed E-state index contributed by atoms with van der Waals surface area (Å²) in [5.74, 6) is -0.215. The van der Waals surface area contributed by atoms with Crippen LogP contribution in [0.1, 0.15) is 6.42 Å². The van der Waals surface area contributed by atoms with Gasteiger partial charge in [-0.15, -0.1) is 11.8 Å². The third-order valence-electron chi connectivity index (χ3n) is 4.72. The molecule has 0 aliphatic carbocycles. The Kier molecular flexibility index (Phi) is 5.12. The Hall–Kier alpha value is -3.13. The van der Waals surface area contributed by atoms with E-state index in [-0.39, 0.29) is 18.2 Å². The zero-order valence-corrected chi connectivity index (χ0v) is 16.1. The zero-order valence-electron chi connectivity index (χ0n) is 15.3. The Morgan fingerprint density at radius 1 is 1.18 bits per heavy atom. The van der Waals surface area contributed by atoms with E-state index >= 15 is 0 Å². The topological polar surface area (TPSA) is 87.2 Å². The fraction of sp³-hybridized carbons (Fsp3) is 0.200. The molecule has 1 fully saturated rings. The fourth-order valence-corrected chi connectivity index (χ4v) is 3.69. The van der Waals surface area contributed by atoms with Gasteiger partial charge >= 0.3 is 0 Å². The van der Waals surface area contributed by atoms with Crippen LogP contribution in [0.3, 0.4) is 0 Å². The van der Waals surface area contributed by atoms with Gasteiger partial charge in [-0.3, -0.25) is 20.4 Å². The summed E-state index contributed by atoms with van der Waals surface area (Å²) in [5.41, 5.74) is 6.30. The highest BCUT2D eigenvalue weighted by atomic mass is 32.2. The van der Waals surface area contributed by atoms with Gasteiger partial charge in [-0.25, -0.2) is 9.97 Å². The molecule has 7 nitrogen and oxygen atoms in total. The zero-order chi connectivity index (χ0) is 19.5. The lowest BCUT2D eigenvalue weighted by Crippen LogP contribution is -2.36. The standard InChI is InChI=1S/C20H19N5O2S/c1-28-18-10-17(21-12-22-18)23-24-20(27)14-9-19(26)25(11-14)16-8-4-6-13-5-2-3-7-15(13)16/h2-8,10,12,14H,9,11H2,1H3,(H,24,27)(H,21,22,23)/t14-/m1/s1. The second-order valence-corrected chi connectivity index (χ2v) is 7.29. The molecule has 0 bridgehead atoms. The Morgan fingerprint density at radius 3 is 2.86 bits per heavy atom. The molecule has 8 heteroatoms. The van der Waals surface area contributed by atoms with E-state index in [0.29, 0.717) is 12.4 Å². The number of hydrogen-bond donors (Lipinski definition) is 2. The molecule has 4 rings (SSSR count). The summed E-state index contributed by atoms with van der Waals surface area (Å²) in [5, 5.41) is 2.86. The van der Waals surface area contributed by atoms with E-state index in [9.17, 15) is 9.59 Å². The molecule has 28 heavy (non-hydrogen) atoms. The van der Waals surface area contributed by atoms with Crippen LogP contribution in [0.5, 0.6) is 0 Å². The van der Waals surface area contributed by atoms with Gasteiger partial charge in [0, 0.05) is 24.4 Å². The Morgan fingerprint density at radius 2 is 2.00 bits per heavy atom. The summed E-state index contributed by atoms with van der Waals surface area (Å²) in [4.78, 5) is 35.0. The number of rotatable bonds is 5. The van der Waals surface area contributed by atoms with Crippen LogP contribution in [0.25, 0.3) is 10.8 Å². The molecule has 1 atom stereocenters. The Labute approximate surface area is 166 Å². The molecule has 0 spiro atoms. The fourth-order valence-electron chi connectivity index (χ4n) is 3.31. The number of thioether (sulfide) groups is 1. The molecule has 2 aromatic carbocycles. The SMILES string of the molecule is CSc1cc(NNC(=O)[C@@H]2CC(=O)N(c3cccc4ccccc34)C2)ncn1. The number of carbonyl (C=O) groups is 2. The molecular formula is C20H19N5O2S. The van der Waals surface area contributed by atoms with E-state index in [2.05, 4.69) is 20.8 Å². The van der Waals surface area contributed by atoms with Crippen molar-refractivity contribution >= 4 is 45.9 Å². The maximum atomic E-state index is 12.6. The summed E-state index contributed by atoms with van der Waals surface area (Å²) in [6, 6.07) is 15.5. The van der Waals surface area contributed by atoms with Gasteiger partial charge in [0.1, 0.15) is 17.2 Å². The molecule has 142 valence electrons. The van der Waals surface area contributed by atoms with Crippen molar-refractivity contribution in [2.75, 3.05) is 23.1 Å². The first-order chi connectivity index (χ1) is 13.7. The molecular weight excluding hydrogens is 374 g/mol. The largest absolute Gasteiger partial charge is 0.311 e. The van der Waals surface area contributed by atoms with E-state index < -0.39 is 5.92 Å². The Bertz CT molecular complexity index is 1040. The molecule has 1 aliphatic heterocycles. The van der Waals surface area contributed by atoms with E-state index in [4.69, 9.17) is 0 Å². The first-order valence-electron chi connectivity index (χ1n) is 8.86. The second kappa shape index (κ2) is 7.85. The smallest absolute Gasteiger partial charge is 0.243 e. The number of hydrazine groups is 1. The third kappa shape index (κ3) is 3.63. The number of hydrogen-bond acceptors (Lipinski definition) is 6. The van der Waals surface area contributed by atoms with Gasteiger partial charge in [0.2, 0.25) is 11.8 Å². The Balaban J connectivity index is 1.46. The molecule has 1 saturated heterocycles. The van der Waals surface area contributed by atoms with Gasteiger partial charge in [0.05, 0.1) is 11.6 Å². The minimum Gasteiger partial charge on any atom is -0.311 e. The average molecular weight is 393 g/mol. The number of aromatic nitrogens is 2. The lowest BCUT2D eigenvalue weighted by atomic mass is 10.1. The van der Waals surface area contributed by atoms with Gasteiger partial charge in [-0.2, -0.15) is 0 Å². The van der Waals surface area contributed by atoms with Crippen molar-refractivity contribution in [1.29, 1.82) is 0 Å². The van der Waals surface area contributed by atoms with Gasteiger partial charge in [-0.05, 0) is 17.7 Å². The maximum Gasteiger partial charge on any atom is 0.243 e. The summed E-state index contributed by atoms with van der Waals surface area (Å²) >= 11 is 1.49. The number of carbonyl (C=O) groups excluding carboxylic acids is 2. The maximum absolute atomic E-state index is 12.6. The summed E-state index contributed by atoms with van der Waals surface area (Å²) in [7, 11) is 0. The number of nitrogens with one attached hydrogen (secondary N) is 2. The monoisotopic (exact) mass is 393 g/mol. The van der Waals surface area contributed by atoms with E-state index in [1.807, 2.05) is 48.7 Å². The van der Waals surface area contributed by atoms with Crippen molar-refractivity contribution in [3.05, 3.63) is 54.9 Å². The molecule has 2 amide bonds. The van der Waals surface area contributed by atoms with E-state index in [1.54, 1.807) is 11.0 Å². The molecule has 3 aromatic rings. The normalized spacial score (nSPS) is 16.4. The minimum absolute atomic E-state index is 0.0526. The van der Waals surface area contributed by atoms with Gasteiger partial charge in [0.25, 0.3) is 0 Å². The van der Waals surface area contributed by atoms with E-state index in [1.165, 1.54) is 18.1 Å². The summed E-state index contributed by atoms with van der Waals surface area (Å²) in [6.07, 6.45) is 3.52. The third-order valence-corrected chi connectivity index (χ3v) is 5.36. The predicted octanol–water partition coefficient (Wildman–Crippen LogP) is 2.85. The number of nitrogens with zero attached hydrogens (tertiary/aromatic N) is 3. The van der Waals surface area contributed by atoms with Crippen LogP contribution >= 0.6 is 11.8 Å². The van der Waals surface area contributed by atoms with E-state index in [0.717, 1.165) is 21.5 Å². The minimum atomic E-state index is -0.430. The van der Waals surface area contributed by atoms with Crippen LogP contribution in [0.2, 0.25) is 0 Å². The van der Waals surface area contributed by atoms with Crippen LogP contribution in [-0.4, -0.2) is 34.6 Å². The lowest BCUT2D eigenvalue weighted by Gasteiger charge is -2.19. The highest BCUT2D eigenvalue weighted by Crippen LogP contribution is 2.31. The second-order valence-electron chi connectivity index (χ2n) is 6.46. The van der Waals surface area contributed by atoms with Gasteiger partial charge in [-0.1, -0.05) is 36.4 Å². The predicted molar refractivity (Wildman–Crippen MR) is 110 cm³/mol. The highest BCUT2D eigenvalue weighted by Gasteiger charge is 2.35. The molecule has 2 N–H and O–H groups in total. The van der Waals surface area contributed by atoms with Crippen molar-refractivity contribution in [2.24, 2.45) is 5.92 Å². The van der Waals surface area contributed by atoms with Crippen molar-refractivity contribution in [1.82, 2.24) is 15.4 Å². The molecule has 0 saturated carbocycles. The van der Waals surface area contributed by atoms with Crippen molar-refractivity contribution in [3.63, 3.8) is 0 Å². The first kappa shape index (κ1) is 18.2. The average Bonchev–Trinajstić information content (AvgIpc) is 3.13. The molecule has 2 heterocycles. The number of fused-ring (bicyclic) bond motifs is 1. The van der Waals surface area contributed by atoms with Crippen molar-refractivity contribution < 1.29 is 9.59 Å². The lowest BCUT2D eigenvalue weighted by molar-refractivity contribution is -0.125. The number of anilines is 2. The molecule has 0 radical (unpaired) electrons.